The number of allylic oxidation sites excluding steroid dienone is 5. The van der Waals surface area contributed by atoms with Crippen LogP contribution in [-0.2, 0) is 38.4 Å². The molecule has 0 spiro atoms. The van der Waals surface area contributed by atoms with E-state index in [1.807, 2.05) is 39.8 Å². The number of aliphatic carboxylic acids is 1. The van der Waals surface area contributed by atoms with Crippen molar-refractivity contribution >= 4 is 41.1 Å². The average Bonchev–Trinajstić information content (AvgIpc) is 3.76. The van der Waals surface area contributed by atoms with Gasteiger partial charge in [-0.1, -0.05) is 19.9 Å². The normalized spacial score (nSPS) is 28.6. The van der Waals surface area contributed by atoms with Crippen molar-refractivity contribution in [3.63, 3.8) is 0 Å². The summed E-state index contributed by atoms with van der Waals surface area (Å²) in [5, 5.41) is 9.61. The summed E-state index contributed by atoms with van der Waals surface area (Å²) in [6.45, 7) is 11.9. The third-order valence-electron chi connectivity index (χ3n) is 10.4. The van der Waals surface area contributed by atoms with Crippen molar-refractivity contribution in [2.75, 3.05) is 7.11 Å². The number of fused-ring (bicyclic) bond motifs is 5. The molecule has 10 nitrogen and oxygen atoms in total. The number of hydrogen-bond donors (Lipinski definition) is 2. The van der Waals surface area contributed by atoms with Gasteiger partial charge in [-0.15, -0.1) is 6.58 Å². The van der Waals surface area contributed by atoms with Crippen LogP contribution in [-0.4, -0.2) is 64.4 Å². The summed E-state index contributed by atoms with van der Waals surface area (Å²) in [5.74, 6) is -4.37. The number of carbonyl (C=O) groups excluding carboxylic acids is 3. The van der Waals surface area contributed by atoms with Gasteiger partial charge in [-0.3, -0.25) is 34.2 Å². The number of aromatic amines is 1. The van der Waals surface area contributed by atoms with Crippen LogP contribution in [0.5, 0.6) is 0 Å². The van der Waals surface area contributed by atoms with Crippen molar-refractivity contribution in [1.82, 2.24) is 4.98 Å². The molecule has 1 saturated carbocycles. The fourth-order valence-electron chi connectivity index (χ4n) is 7.98. The highest BCUT2D eigenvalue weighted by Crippen LogP contribution is 2.48. The number of H-pyrrole nitrogens is 1. The zero-order valence-corrected chi connectivity index (χ0v) is 26.3. The lowest BCUT2D eigenvalue weighted by atomic mass is 9.77. The van der Waals surface area contributed by atoms with E-state index in [2.05, 4.69) is 11.6 Å². The Balaban J connectivity index is 1.60. The van der Waals surface area contributed by atoms with Crippen LogP contribution in [0.15, 0.2) is 61.8 Å². The number of aldehydes is 1. The van der Waals surface area contributed by atoms with E-state index in [1.165, 1.54) is 7.11 Å². The van der Waals surface area contributed by atoms with Crippen LogP contribution in [0.3, 0.4) is 0 Å². The molecule has 0 amide bonds. The monoisotopic (exact) mass is 610 g/mol. The zero-order chi connectivity index (χ0) is 32.3. The number of aliphatic imine (C=N–C) groups is 3. The number of methoxy groups -OCH3 is 1. The van der Waals surface area contributed by atoms with Gasteiger partial charge in [-0.05, 0) is 49.5 Å². The first-order valence-corrected chi connectivity index (χ1v) is 15.5. The first kappa shape index (κ1) is 30.6. The molecule has 234 valence electrons. The van der Waals surface area contributed by atoms with Crippen molar-refractivity contribution in [1.29, 1.82) is 0 Å². The van der Waals surface area contributed by atoms with Crippen LogP contribution < -0.4 is 0 Å². The van der Waals surface area contributed by atoms with Gasteiger partial charge in [0.15, 0.2) is 12.1 Å². The number of nitrogens with zero attached hydrogens (tertiary/aromatic N) is 3. The van der Waals surface area contributed by atoms with E-state index >= 15 is 0 Å². The molecule has 4 aliphatic heterocycles. The maximum Gasteiger partial charge on any atom is 0.317 e. The highest BCUT2D eigenvalue weighted by Gasteiger charge is 2.57. The summed E-state index contributed by atoms with van der Waals surface area (Å²) < 4.78 is 5.15. The second-order valence-electron chi connectivity index (χ2n) is 12.6. The van der Waals surface area contributed by atoms with E-state index in [9.17, 15) is 24.3 Å². The minimum atomic E-state index is -1.13. The first-order valence-electron chi connectivity index (χ1n) is 15.5. The molecule has 5 aliphatic rings. The minimum absolute atomic E-state index is 0.0812. The van der Waals surface area contributed by atoms with Gasteiger partial charge < -0.3 is 14.8 Å². The highest BCUT2D eigenvalue weighted by molar-refractivity contribution is 6.22. The number of carboxylic acid groups (broad SMARTS) is 1. The number of nitrogens with one attached hydrogen (secondary N) is 1. The van der Waals surface area contributed by atoms with Gasteiger partial charge in [0.1, 0.15) is 5.92 Å². The number of aromatic nitrogens is 1. The van der Waals surface area contributed by atoms with E-state index in [4.69, 9.17) is 19.7 Å². The van der Waals surface area contributed by atoms with Gasteiger partial charge in [-0.25, -0.2) is 0 Å². The van der Waals surface area contributed by atoms with Crippen molar-refractivity contribution < 1.29 is 29.0 Å². The van der Waals surface area contributed by atoms with Crippen molar-refractivity contribution in [2.24, 2.45) is 44.6 Å². The Morgan fingerprint density at radius 2 is 1.96 bits per heavy atom. The molecule has 5 heterocycles. The Morgan fingerprint density at radius 3 is 2.60 bits per heavy atom. The number of rotatable bonds is 7. The maximum atomic E-state index is 14.0. The molecule has 3 unspecified atom stereocenters. The van der Waals surface area contributed by atoms with Gasteiger partial charge >= 0.3 is 11.9 Å². The van der Waals surface area contributed by atoms with Gasteiger partial charge in [0, 0.05) is 88.3 Å². The van der Waals surface area contributed by atoms with Gasteiger partial charge in [0.2, 0.25) is 0 Å². The number of Topliss-reactive ketones (excluding diaryl/α,β-unsaturated/α-hetero) is 1. The van der Waals surface area contributed by atoms with E-state index < -0.39 is 29.8 Å². The summed E-state index contributed by atoms with van der Waals surface area (Å²) in [6, 6.07) is -0.644. The summed E-state index contributed by atoms with van der Waals surface area (Å²) in [4.78, 5) is 70.2. The second-order valence-corrected chi connectivity index (χ2v) is 12.6. The highest BCUT2D eigenvalue weighted by atomic mass is 16.5. The lowest BCUT2D eigenvalue weighted by Crippen LogP contribution is -2.37. The number of esters is 1. The molecular formula is C35H38N4O6. The SMILES string of the molecule is C=CC1C2=NC(=C1C)C=C1N=C(C3C4N=C(Cc5[nH]c(c(C=O)c5CC)C2)C(C)=C4C(=O)[C@@H]3C(=O)OC)[C@@H](CCC(=O)O)[C@@H]1C. The molecule has 1 aliphatic carbocycles. The molecule has 1 fully saturated rings. The van der Waals surface area contributed by atoms with E-state index in [-0.39, 0.29) is 30.0 Å². The zero-order valence-electron chi connectivity index (χ0n) is 26.3. The lowest BCUT2D eigenvalue weighted by molar-refractivity contribution is -0.148. The summed E-state index contributed by atoms with van der Waals surface area (Å²) in [6.07, 6.45) is 6.35. The number of ketones is 1. The Labute approximate surface area is 261 Å². The number of hydrogen-bond acceptors (Lipinski definition) is 8. The maximum absolute atomic E-state index is 14.0. The largest absolute Gasteiger partial charge is 0.481 e. The van der Waals surface area contributed by atoms with Crippen LogP contribution >= 0.6 is 0 Å². The average molecular weight is 611 g/mol. The summed E-state index contributed by atoms with van der Waals surface area (Å²) in [7, 11) is 1.27. The fourth-order valence-corrected chi connectivity index (χ4v) is 7.98. The number of ether oxygens (including phenoxy) is 1. The molecule has 6 rings (SSSR count). The molecule has 0 aromatic carbocycles. The lowest BCUT2D eigenvalue weighted by Gasteiger charge is -2.26. The molecule has 45 heavy (non-hydrogen) atoms. The smallest absolute Gasteiger partial charge is 0.317 e. The third kappa shape index (κ3) is 4.73. The third-order valence-corrected chi connectivity index (χ3v) is 10.4. The molecular weight excluding hydrogens is 572 g/mol. The molecule has 6 atom stereocenters. The Morgan fingerprint density at radius 1 is 1.20 bits per heavy atom. The Kier molecular flexibility index (Phi) is 7.79. The second kappa shape index (κ2) is 11.5. The minimum Gasteiger partial charge on any atom is -0.481 e. The molecule has 1 aromatic rings. The van der Waals surface area contributed by atoms with Gasteiger partial charge in [-0.2, -0.15) is 0 Å². The molecule has 0 radical (unpaired) electrons. The Bertz CT molecular complexity index is 1750. The van der Waals surface area contributed by atoms with Crippen molar-refractivity contribution in [2.45, 2.75) is 65.8 Å². The molecule has 1 aromatic heterocycles. The topological polar surface area (TPSA) is 151 Å². The predicted molar refractivity (Wildman–Crippen MR) is 170 cm³/mol. The predicted octanol–water partition coefficient (Wildman–Crippen LogP) is 4.60. The van der Waals surface area contributed by atoms with E-state index in [0.717, 1.165) is 51.5 Å². The molecule has 10 heteroatoms. The quantitative estimate of drug-likeness (QED) is 0.199. The Hall–Kier alpha value is -4.47. The van der Waals surface area contributed by atoms with Crippen molar-refractivity contribution in [3.05, 3.63) is 69.4 Å². The standard InChI is InChI=1S/C35H38N4O6/c1-7-18-15(3)22-11-23-16(4)20(9-10-28(41)42)32(38-23)30-31(35(44)45-6)34(43)29-17(5)24(39-33(29)30)12-26-19(8-2)21(14-40)27(37-26)13-25(18)36-22/h7,11,14,16,18,20,30-31,33,37H,1,8-10,12-13H2,2-6H3,(H,41,42)/t16-,18?,20-,30?,31+,33?/m0/s1. The van der Waals surface area contributed by atoms with E-state index in [0.29, 0.717) is 48.2 Å². The first-order chi connectivity index (χ1) is 21.5. The summed E-state index contributed by atoms with van der Waals surface area (Å²) >= 11 is 0. The molecule has 2 N–H and O–H groups in total. The van der Waals surface area contributed by atoms with E-state index in [1.54, 1.807) is 0 Å². The van der Waals surface area contributed by atoms with Crippen LogP contribution in [0.4, 0.5) is 0 Å². The van der Waals surface area contributed by atoms with Crippen LogP contribution in [0.2, 0.25) is 0 Å². The van der Waals surface area contributed by atoms with Gasteiger partial charge in [0.05, 0.1) is 18.8 Å². The molecule has 0 saturated heterocycles. The fraction of sp³-hybridized carbons (Fsp3) is 0.457. The summed E-state index contributed by atoms with van der Waals surface area (Å²) in [5.41, 5.74) is 9.02. The molecule has 8 bridgehead atoms. The number of carboxylic acids is 1. The van der Waals surface area contributed by atoms with Crippen molar-refractivity contribution in [3.8, 4) is 0 Å². The van der Waals surface area contributed by atoms with Crippen LogP contribution in [0.25, 0.3) is 0 Å². The number of carbonyl (C=O) groups is 4. The van der Waals surface area contributed by atoms with Crippen LogP contribution in [0.1, 0.15) is 67.8 Å². The van der Waals surface area contributed by atoms with Gasteiger partial charge in [0.25, 0.3) is 0 Å². The van der Waals surface area contributed by atoms with Crippen LogP contribution in [0, 0.1) is 29.6 Å².